The van der Waals surface area contributed by atoms with Crippen molar-refractivity contribution in [2.75, 3.05) is 43.9 Å². The lowest BCUT2D eigenvalue weighted by molar-refractivity contribution is 0.245. The quantitative estimate of drug-likeness (QED) is 0.381. The Hall–Kier alpha value is -3.66. The van der Waals surface area contributed by atoms with Gasteiger partial charge in [0.15, 0.2) is 0 Å². The first-order chi connectivity index (χ1) is 15.5. The van der Waals surface area contributed by atoms with Crippen LogP contribution in [0.5, 0.6) is 0 Å². The molecule has 0 saturated heterocycles. The predicted molar refractivity (Wildman–Crippen MR) is 127 cm³/mol. The molecule has 10 nitrogen and oxygen atoms in total. The maximum Gasteiger partial charge on any atom is 0.325 e. The van der Waals surface area contributed by atoms with Crippen LogP contribution in [0.25, 0.3) is 10.9 Å². The molecule has 1 aromatic carbocycles. The minimum absolute atomic E-state index is 0.214. The van der Waals surface area contributed by atoms with Crippen LogP contribution in [0.3, 0.4) is 0 Å². The number of rotatable bonds is 9. The lowest BCUT2D eigenvalue weighted by Crippen LogP contribution is -2.32. The van der Waals surface area contributed by atoms with Crippen molar-refractivity contribution in [2.45, 2.75) is 20.3 Å². The van der Waals surface area contributed by atoms with Crippen molar-refractivity contribution < 1.29 is 9.59 Å². The zero-order valence-electron chi connectivity index (χ0n) is 18.7. The highest BCUT2D eigenvalue weighted by atomic mass is 16.2. The summed E-state index contributed by atoms with van der Waals surface area (Å²) in [5, 5.41) is 12.3. The molecule has 0 aliphatic heterocycles. The van der Waals surface area contributed by atoms with Gasteiger partial charge in [-0.3, -0.25) is 9.88 Å². The summed E-state index contributed by atoms with van der Waals surface area (Å²) in [6, 6.07) is 8.69. The molecule has 170 valence electrons. The number of anilines is 3. The van der Waals surface area contributed by atoms with E-state index < -0.39 is 0 Å². The van der Waals surface area contributed by atoms with Crippen LogP contribution in [0, 0.1) is 0 Å². The molecule has 0 radical (unpaired) electrons. The average molecular weight is 439 g/mol. The second kappa shape index (κ2) is 11.1. The Bertz CT molecular complexity index is 1060. The van der Waals surface area contributed by atoms with Crippen molar-refractivity contribution >= 4 is 40.3 Å². The summed E-state index contributed by atoms with van der Waals surface area (Å²) in [6.07, 6.45) is 3.98. The number of amides is 3. The van der Waals surface area contributed by atoms with E-state index in [9.17, 15) is 9.59 Å². The Morgan fingerprint density at radius 2 is 1.84 bits per heavy atom. The van der Waals surface area contributed by atoms with Crippen LogP contribution in [-0.4, -0.2) is 64.7 Å². The number of hydrogen-bond acceptors (Lipinski definition) is 6. The molecule has 0 fully saturated rings. The highest BCUT2D eigenvalue weighted by Gasteiger charge is 2.09. The van der Waals surface area contributed by atoms with Crippen LogP contribution < -0.4 is 21.3 Å². The first-order valence-electron chi connectivity index (χ1n) is 10.7. The van der Waals surface area contributed by atoms with Gasteiger partial charge in [-0.2, -0.15) is 0 Å². The van der Waals surface area contributed by atoms with Crippen LogP contribution in [0.15, 0.2) is 42.9 Å². The summed E-state index contributed by atoms with van der Waals surface area (Å²) >= 11 is 0. The number of aromatic nitrogens is 3. The van der Waals surface area contributed by atoms with Gasteiger partial charge in [-0.15, -0.1) is 0 Å². The number of carbonyl (C=O) groups is 2. The molecule has 32 heavy (non-hydrogen) atoms. The Morgan fingerprint density at radius 3 is 2.59 bits per heavy atom. The third kappa shape index (κ3) is 5.94. The SMILES string of the molecule is CCN(CC)CCCNC(=O)Nc1cc(Nc2ccc3ccn(C(=O)NC)c3c2)ncn1. The number of urea groups is 1. The van der Waals surface area contributed by atoms with E-state index in [1.807, 2.05) is 24.3 Å². The highest BCUT2D eigenvalue weighted by molar-refractivity contribution is 5.93. The molecule has 3 amide bonds. The topological polar surface area (TPSA) is 116 Å². The summed E-state index contributed by atoms with van der Waals surface area (Å²) in [5.74, 6) is 0.910. The van der Waals surface area contributed by atoms with Crippen LogP contribution in [0.4, 0.5) is 26.9 Å². The first-order valence-corrected chi connectivity index (χ1v) is 10.7. The molecule has 3 rings (SSSR count). The van der Waals surface area contributed by atoms with Crippen molar-refractivity contribution in [3.63, 3.8) is 0 Å². The van der Waals surface area contributed by atoms with E-state index in [-0.39, 0.29) is 12.1 Å². The van der Waals surface area contributed by atoms with E-state index in [1.54, 1.807) is 19.3 Å². The normalized spacial score (nSPS) is 10.9. The van der Waals surface area contributed by atoms with Gasteiger partial charge in [0.2, 0.25) is 0 Å². The third-order valence-electron chi connectivity index (χ3n) is 5.14. The van der Waals surface area contributed by atoms with Crippen LogP contribution in [0.2, 0.25) is 0 Å². The van der Waals surface area contributed by atoms with Crippen LogP contribution in [0.1, 0.15) is 20.3 Å². The largest absolute Gasteiger partial charge is 0.340 e. The summed E-state index contributed by atoms with van der Waals surface area (Å²) in [4.78, 5) is 34.8. The summed E-state index contributed by atoms with van der Waals surface area (Å²) in [5.41, 5.74) is 1.53. The summed E-state index contributed by atoms with van der Waals surface area (Å²) in [6.45, 7) is 7.80. The van der Waals surface area contributed by atoms with Gasteiger partial charge in [-0.25, -0.2) is 19.6 Å². The molecular formula is C22H30N8O2. The van der Waals surface area contributed by atoms with Crippen molar-refractivity contribution in [1.29, 1.82) is 0 Å². The van der Waals surface area contributed by atoms with Crippen LogP contribution >= 0.6 is 0 Å². The monoisotopic (exact) mass is 438 g/mol. The number of fused-ring (bicyclic) bond motifs is 1. The predicted octanol–water partition coefficient (Wildman–Crippen LogP) is 3.22. The van der Waals surface area contributed by atoms with Gasteiger partial charge in [0.05, 0.1) is 5.52 Å². The molecular weight excluding hydrogens is 408 g/mol. The maximum absolute atomic E-state index is 12.2. The number of hydrogen-bond donors (Lipinski definition) is 4. The second-order valence-electron chi connectivity index (χ2n) is 7.19. The Kier molecular flexibility index (Phi) is 7.98. The fourth-order valence-corrected chi connectivity index (χ4v) is 3.35. The molecule has 4 N–H and O–H groups in total. The van der Waals surface area contributed by atoms with Crippen LogP contribution in [-0.2, 0) is 0 Å². The summed E-state index contributed by atoms with van der Waals surface area (Å²) in [7, 11) is 1.59. The molecule has 0 bridgehead atoms. The van der Waals surface area contributed by atoms with Crippen molar-refractivity contribution in [3.8, 4) is 0 Å². The smallest absolute Gasteiger partial charge is 0.325 e. The molecule has 2 aromatic heterocycles. The standard InChI is InChI=1S/C22H30N8O2/c1-4-29(5-2)11-6-10-24-21(31)28-20-14-19(25-15-26-20)27-17-8-7-16-9-12-30(18(16)13-17)22(32)23-3/h7-9,12-15H,4-6,10-11H2,1-3H3,(H,23,32)(H3,24,25,26,27,28,31). The van der Waals surface area contributed by atoms with E-state index in [0.29, 0.717) is 18.2 Å². The highest BCUT2D eigenvalue weighted by Crippen LogP contribution is 2.23. The van der Waals surface area contributed by atoms with Gasteiger partial charge in [0, 0.05) is 36.9 Å². The van der Waals surface area contributed by atoms with E-state index >= 15 is 0 Å². The van der Waals surface area contributed by atoms with Gasteiger partial charge in [0.25, 0.3) is 0 Å². The molecule has 0 saturated carbocycles. The van der Waals surface area contributed by atoms with Crippen molar-refractivity contribution in [1.82, 2.24) is 30.1 Å². The lowest BCUT2D eigenvalue weighted by atomic mass is 10.2. The van der Waals surface area contributed by atoms with Gasteiger partial charge < -0.3 is 20.9 Å². The van der Waals surface area contributed by atoms with Gasteiger partial charge >= 0.3 is 12.1 Å². The van der Waals surface area contributed by atoms with Gasteiger partial charge in [-0.05, 0) is 44.3 Å². The number of nitrogens with one attached hydrogen (secondary N) is 4. The zero-order chi connectivity index (χ0) is 22.9. The molecule has 0 aliphatic carbocycles. The summed E-state index contributed by atoms with van der Waals surface area (Å²) < 4.78 is 1.54. The van der Waals surface area contributed by atoms with Gasteiger partial charge in [-0.1, -0.05) is 19.9 Å². The Labute approximate surface area is 187 Å². The third-order valence-corrected chi connectivity index (χ3v) is 5.14. The minimum atomic E-state index is -0.306. The zero-order valence-corrected chi connectivity index (χ0v) is 18.7. The molecule has 3 aromatic rings. The molecule has 2 heterocycles. The second-order valence-corrected chi connectivity index (χ2v) is 7.19. The Balaban J connectivity index is 1.59. The van der Waals surface area contributed by atoms with E-state index in [2.05, 4.69) is 50.0 Å². The molecule has 0 atom stereocenters. The number of carbonyl (C=O) groups excluding carboxylic acids is 2. The van der Waals surface area contributed by atoms with E-state index in [0.717, 1.165) is 42.6 Å². The van der Waals surface area contributed by atoms with Crippen molar-refractivity contribution in [3.05, 3.63) is 42.9 Å². The maximum atomic E-state index is 12.2. The van der Waals surface area contributed by atoms with Crippen molar-refractivity contribution in [2.24, 2.45) is 0 Å². The minimum Gasteiger partial charge on any atom is -0.340 e. The molecule has 10 heteroatoms. The fraction of sp³-hybridized carbons (Fsp3) is 0.364. The molecule has 0 unspecified atom stereocenters. The average Bonchev–Trinajstić information content (AvgIpc) is 3.22. The Morgan fingerprint density at radius 1 is 1.06 bits per heavy atom. The fourth-order valence-electron chi connectivity index (χ4n) is 3.35. The molecule has 0 aliphatic rings. The number of benzene rings is 1. The first kappa shape index (κ1) is 23.0. The lowest BCUT2D eigenvalue weighted by Gasteiger charge is -2.17. The van der Waals surface area contributed by atoms with E-state index in [4.69, 9.17) is 0 Å². The molecule has 0 spiro atoms. The van der Waals surface area contributed by atoms with E-state index in [1.165, 1.54) is 10.9 Å². The number of nitrogens with zero attached hydrogens (tertiary/aromatic N) is 4. The van der Waals surface area contributed by atoms with Gasteiger partial charge in [0.1, 0.15) is 18.0 Å².